The number of ether oxygens (including phenoxy) is 6. The van der Waals surface area contributed by atoms with E-state index in [1.165, 1.54) is 88.2 Å². The fourth-order valence-corrected chi connectivity index (χ4v) is 9.71. The van der Waals surface area contributed by atoms with Crippen molar-refractivity contribution in [1.29, 1.82) is 0 Å². The number of aldehydes is 1. The van der Waals surface area contributed by atoms with E-state index in [0.29, 0.717) is 86.0 Å². The summed E-state index contributed by atoms with van der Waals surface area (Å²) >= 11 is 0. The molecule has 6 rings (SSSR count). The van der Waals surface area contributed by atoms with Gasteiger partial charge in [-0.25, -0.2) is 9.59 Å². The highest BCUT2D eigenvalue weighted by Gasteiger charge is 2.26. The van der Waals surface area contributed by atoms with Crippen molar-refractivity contribution in [3.63, 3.8) is 0 Å². The fraction of sp³-hybridized carbons (Fsp3) is 0.455. The Morgan fingerprint density at radius 3 is 1.43 bits per heavy atom. The van der Waals surface area contributed by atoms with Gasteiger partial charge < -0.3 is 28.4 Å². The van der Waals surface area contributed by atoms with Crippen LogP contribution in [0, 0.1) is 35.5 Å². The lowest BCUT2D eigenvalue weighted by atomic mass is 9.75. The number of carbonyl (C=O) groups is 4. The average Bonchev–Trinajstić information content (AvgIpc) is 3.46. The molecule has 0 amide bonds. The second kappa shape index (κ2) is 38.7. The molecule has 0 aliphatic heterocycles. The summed E-state index contributed by atoms with van der Waals surface area (Å²) in [6.07, 6.45) is 22.8. The van der Waals surface area contributed by atoms with Gasteiger partial charge in [-0.15, -0.1) is 19.7 Å². The maximum atomic E-state index is 13.0. The first-order valence-corrected chi connectivity index (χ1v) is 27.4. The van der Waals surface area contributed by atoms with Crippen LogP contribution in [0.3, 0.4) is 0 Å². The molecule has 2 fully saturated rings. The van der Waals surface area contributed by atoms with E-state index in [0.717, 1.165) is 42.8 Å². The van der Waals surface area contributed by atoms with Gasteiger partial charge in [-0.3, -0.25) is 9.59 Å². The molecular weight excluding hydrogens is 953 g/mol. The van der Waals surface area contributed by atoms with Gasteiger partial charge in [-0.2, -0.15) is 0 Å². The summed E-state index contributed by atoms with van der Waals surface area (Å²) in [6.45, 7) is 21.1. The number of esters is 2. The van der Waals surface area contributed by atoms with Crippen molar-refractivity contribution < 1.29 is 47.6 Å². The zero-order valence-electron chi connectivity index (χ0n) is 46.1. The summed E-state index contributed by atoms with van der Waals surface area (Å²) < 4.78 is 31.8. The van der Waals surface area contributed by atoms with Gasteiger partial charge in [-0.05, 0) is 127 Å². The number of carbonyl (C=O) groups excluding carboxylic acids is 4. The molecule has 4 aromatic carbocycles. The molecular formula is C66H86O10. The highest BCUT2D eigenvalue weighted by atomic mass is 16.5. The number of benzene rings is 4. The molecule has 10 heteroatoms. The maximum absolute atomic E-state index is 13.0. The van der Waals surface area contributed by atoms with Crippen LogP contribution in [0.1, 0.15) is 167 Å². The van der Waals surface area contributed by atoms with Crippen molar-refractivity contribution in [3.05, 3.63) is 158 Å². The van der Waals surface area contributed by atoms with Gasteiger partial charge in [0, 0.05) is 36.3 Å². The topological polar surface area (TPSA) is 124 Å². The molecule has 0 N–H and O–H groups in total. The van der Waals surface area contributed by atoms with Gasteiger partial charge in [-0.1, -0.05) is 140 Å². The summed E-state index contributed by atoms with van der Waals surface area (Å²) in [7, 11) is 1.72. The van der Waals surface area contributed by atoms with E-state index < -0.39 is 11.9 Å². The van der Waals surface area contributed by atoms with E-state index in [4.69, 9.17) is 28.4 Å². The first-order valence-electron chi connectivity index (χ1n) is 27.4. The number of allylic oxidation sites excluding steroid dienone is 1. The third-order valence-electron chi connectivity index (χ3n) is 13.7. The summed E-state index contributed by atoms with van der Waals surface area (Å²) in [5.74, 6) is 13.0. The molecule has 2 saturated carbocycles. The van der Waals surface area contributed by atoms with Crippen LogP contribution in [0.5, 0.6) is 23.0 Å². The summed E-state index contributed by atoms with van der Waals surface area (Å²) in [5, 5.41) is 0. The Morgan fingerprint density at radius 1 is 0.592 bits per heavy atom. The van der Waals surface area contributed by atoms with Gasteiger partial charge in [0.2, 0.25) is 0 Å². The van der Waals surface area contributed by atoms with Crippen molar-refractivity contribution in [1.82, 2.24) is 0 Å². The molecule has 0 heterocycles. The molecule has 0 radical (unpaired) electrons. The van der Waals surface area contributed by atoms with E-state index in [2.05, 4.69) is 88.4 Å². The lowest BCUT2D eigenvalue weighted by molar-refractivity contribution is -0.138. The molecule has 10 nitrogen and oxygen atoms in total. The molecule has 2 atom stereocenters. The molecule has 0 aromatic heterocycles. The van der Waals surface area contributed by atoms with Gasteiger partial charge in [0.25, 0.3) is 6.47 Å². The largest absolute Gasteiger partial charge is 0.497 e. The van der Waals surface area contributed by atoms with Crippen LogP contribution >= 0.6 is 0 Å². The molecule has 0 spiro atoms. The highest BCUT2D eigenvalue weighted by molar-refractivity contribution is 5.91. The van der Waals surface area contributed by atoms with E-state index in [1.54, 1.807) is 61.7 Å². The zero-order chi connectivity index (χ0) is 55.2. The third kappa shape index (κ3) is 24.7. The molecule has 76 heavy (non-hydrogen) atoms. The van der Waals surface area contributed by atoms with Gasteiger partial charge in [0.1, 0.15) is 29.3 Å². The minimum Gasteiger partial charge on any atom is -0.497 e. The number of methoxy groups -OCH3 is 1. The number of hydrogen-bond donors (Lipinski definition) is 0. The monoisotopic (exact) mass is 1040 g/mol. The van der Waals surface area contributed by atoms with Crippen LogP contribution in [-0.4, -0.2) is 58.2 Å². The molecule has 2 unspecified atom stereocenters. The van der Waals surface area contributed by atoms with Crippen LogP contribution in [0.15, 0.2) is 136 Å². The van der Waals surface area contributed by atoms with Crippen LogP contribution in [-0.2, 0) is 19.1 Å². The zero-order valence-corrected chi connectivity index (χ0v) is 46.1. The van der Waals surface area contributed by atoms with Crippen molar-refractivity contribution in [2.75, 3.05) is 33.5 Å². The summed E-state index contributed by atoms with van der Waals surface area (Å²) in [5.41, 5.74) is 3.52. The minimum absolute atomic E-state index is 0.112. The Labute approximate surface area is 455 Å². The normalized spacial score (nSPS) is 17.1. The van der Waals surface area contributed by atoms with Crippen molar-refractivity contribution in [2.45, 2.75) is 135 Å². The SMILES string of the molecule is C=C.C=CC.C=CC(=O)OCCCOc1ccc(C=O)cc1.CCCC1CCC(CC(C#CC(CC2CCC(CCC)CC2)c2ccc(OC(=O)c3ccc(OCCCOC=O)cc3)cc2)c2ccc(OC)cc2)CC1. The number of rotatable bonds is 26. The second-order valence-corrected chi connectivity index (χ2v) is 19.3. The number of hydrogen-bond acceptors (Lipinski definition) is 10. The van der Waals surface area contributed by atoms with Crippen molar-refractivity contribution >= 4 is 24.7 Å². The van der Waals surface area contributed by atoms with Gasteiger partial charge in [0.05, 0.1) is 39.1 Å². The van der Waals surface area contributed by atoms with E-state index in [-0.39, 0.29) is 11.8 Å². The Balaban J connectivity index is 0.000000578. The first kappa shape index (κ1) is 63.4. The smallest absolute Gasteiger partial charge is 0.343 e. The van der Waals surface area contributed by atoms with Crippen LogP contribution in [0.4, 0.5) is 0 Å². The Kier molecular flexibility index (Phi) is 32.3. The predicted molar refractivity (Wildman–Crippen MR) is 306 cm³/mol. The highest BCUT2D eigenvalue weighted by Crippen LogP contribution is 2.40. The van der Waals surface area contributed by atoms with Crippen LogP contribution in [0.2, 0.25) is 0 Å². The van der Waals surface area contributed by atoms with Crippen molar-refractivity contribution in [3.8, 4) is 34.8 Å². The molecule has 2 aliphatic rings. The Hall–Kier alpha value is -6.86. The van der Waals surface area contributed by atoms with Crippen LogP contribution in [0.25, 0.3) is 0 Å². The maximum Gasteiger partial charge on any atom is 0.343 e. The van der Waals surface area contributed by atoms with E-state index in [9.17, 15) is 19.2 Å². The van der Waals surface area contributed by atoms with Crippen molar-refractivity contribution in [2.24, 2.45) is 23.7 Å². The lowest BCUT2D eigenvalue weighted by Crippen LogP contribution is -2.17. The predicted octanol–water partition coefficient (Wildman–Crippen LogP) is 15.7. The first-order chi connectivity index (χ1) is 37.1. The molecule has 410 valence electrons. The van der Waals surface area contributed by atoms with Crippen LogP contribution < -0.4 is 18.9 Å². The third-order valence-corrected chi connectivity index (χ3v) is 13.7. The Morgan fingerprint density at radius 2 is 1.01 bits per heavy atom. The van der Waals surface area contributed by atoms with Gasteiger partial charge in [0.15, 0.2) is 0 Å². The summed E-state index contributed by atoms with van der Waals surface area (Å²) in [4.78, 5) is 44.4. The standard InChI is InChI=1S/C48H62O6.C13H14O4.C3H6.C2H4/c1-4-7-36-9-13-38(14-10-36)33-43(40-19-25-45(51-3)26-20-40)17-18-44(34-39-15-11-37(8-5-2)12-16-39)41-21-29-47(30-22-41)54-48(50)42-23-27-46(28-24-42)53-32-6-31-52-35-49;1-2-13(15)17-9-3-8-16-12-6-4-11(10-14)5-7-12;1-3-2;1-2/h19-30,35-39,43-44H,4-16,31-34H2,1-3H3;2,4-7,10H,1,3,8-9H2;3H,1H2,2H3;1-2H2. The lowest BCUT2D eigenvalue weighted by Gasteiger charge is -2.30. The quantitative estimate of drug-likeness (QED) is 0.0114. The minimum atomic E-state index is -0.430. The average molecular weight is 1040 g/mol. The molecule has 4 aromatic rings. The molecule has 2 aliphatic carbocycles. The molecule has 0 saturated heterocycles. The van der Waals surface area contributed by atoms with Gasteiger partial charge >= 0.3 is 11.9 Å². The summed E-state index contributed by atoms with van der Waals surface area (Å²) in [6, 6.07) is 30.3. The molecule has 0 bridgehead atoms. The Bertz CT molecular complexity index is 2290. The fourth-order valence-electron chi connectivity index (χ4n) is 9.71. The van der Waals surface area contributed by atoms with E-state index in [1.807, 2.05) is 19.1 Å². The van der Waals surface area contributed by atoms with E-state index >= 15 is 0 Å². The second-order valence-electron chi connectivity index (χ2n) is 19.3.